The summed E-state index contributed by atoms with van der Waals surface area (Å²) in [7, 11) is 0. The number of nitrogens with zero attached hydrogens (tertiary/aromatic N) is 2. The zero-order valence-electron chi connectivity index (χ0n) is 15.4. The molecule has 0 atom stereocenters. The largest absolute Gasteiger partial charge is 0.491 e. The molecule has 1 aliphatic heterocycles. The van der Waals surface area contributed by atoms with E-state index in [2.05, 4.69) is 5.10 Å². The first kappa shape index (κ1) is 18.6. The average Bonchev–Trinajstić information content (AvgIpc) is 3.17. The second-order valence-electron chi connectivity index (χ2n) is 6.45. The Hall–Kier alpha value is -3.15. The lowest BCUT2D eigenvalue weighted by Gasteiger charge is -2.12. The third-order valence-electron chi connectivity index (χ3n) is 3.99. The molecule has 0 aliphatic carbocycles. The van der Waals surface area contributed by atoms with Crippen LogP contribution in [0.25, 0.3) is 0 Å². The van der Waals surface area contributed by atoms with Crippen LogP contribution in [0.3, 0.4) is 0 Å². The topological polar surface area (TPSA) is 68.2 Å². The van der Waals surface area contributed by atoms with Crippen LogP contribution in [0, 0.1) is 0 Å². The Kier molecular flexibility index (Phi) is 5.86. The SMILES string of the molecule is CC(C)Oc1ccc(C(=O)OCC(=O)N2CCC(c3ccccc3)=N2)cc1. The molecule has 6 heteroatoms. The van der Waals surface area contributed by atoms with Crippen molar-refractivity contribution in [2.24, 2.45) is 5.10 Å². The van der Waals surface area contributed by atoms with Gasteiger partial charge in [-0.15, -0.1) is 0 Å². The van der Waals surface area contributed by atoms with Gasteiger partial charge in [-0.2, -0.15) is 5.10 Å². The second kappa shape index (κ2) is 8.49. The van der Waals surface area contributed by atoms with Gasteiger partial charge in [-0.05, 0) is 43.7 Å². The number of carbonyl (C=O) groups is 2. The van der Waals surface area contributed by atoms with E-state index in [-0.39, 0.29) is 18.6 Å². The van der Waals surface area contributed by atoms with Crippen LogP contribution in [0.15, 0.2) is 59.7 Å². The molecule has 0 saturated heterocycles. The third-order valence-corrected chi connectivity index (χ3v) is 3.99. The van der Waals surface area contributed by atoms with E-state index in [0.717, 1.165) is 11.3 Å². The minimum atomic E-state index is -0.550. The predicted molar refractivity (Wildman–Crippen MR) is 102 cm³/mol. The molecule has 0 radical (unpaired) electrons. The highest BCUT2D eigenvalue weighted by Crippen LogP contribution is 2.16. The van der Waals surface area contributed by atoms with Crippen LogP contribution in [0.2, 0.25) is 0 Å². The zero-order valence-corrected chi connectivity index (χ0v) is 15.4. The predicted octanol–water partition coefficient (Wildman–Crippen LogP) is 3.27. The standard InChI is InChI=1S/C21H22N2O4/c1-15(2)27-18-10-8-17(9-11-18)21(25)26-14-20(24)23-13-12-19(22-23)16-6-4-3-5-7-16/h3-11,15H,12-14H2,1-2H3. The van der Waals surface area contributed by atoms with Gasteiger partial charge in [-0.25, -0.2) is 9.80 Å². The summed E-state index contributed by atoms with van der Waals surface area (Å²) >= 11 is 0. The van der Waals surface area contributed by atoms with Crippen LogP contribution >= 0.6 is 0 Å². The van der Waals surface area contributed by atoms with Crippen LogP contribution in [0.5, 0.6) is 5.75 Å². The first-order valence-electron chi connectivity index (χ1n) is 8.90. The van der Waals surface area contributed by atoms with Crippen molar-refractivity contribution in [2.75, 3.05) is 13.2 Å². The molecule has 1 heterocycles. The number of amides is 1. The summed E-state index contributed by atoms with van der Waals surface area (Å²) in [4.78, 5) is 24.4. The lowest BCUT2D eigenvalue weighted by Crippen LogP contribution is -2.28. The zero-order chi connectivity index (χ0) is 19.2. The van der Waals surface area contributed by atoms with Gasteiger partial charge in [0.2, 0.25) is 0 Å². The van der Waals surface area contributed by atoms with Crippen molar-refractivity contribution >= 4 is 17.6 Å². The molecule has 0 spiro atoms. The molecule has 6 nitrogen and oxygen atoms in total. The molecule has 27 heavy (non-hydrogen) atoms. The van der Waals surface area contributed by atoms with Crippen molar-refractivity contribution in [3.05, 3.63) is 65.7 Å². The number of hydrogen-bond acceptors (Lipinski definition) is 5. The van der Waals surface area contributed by atoms with E-state index in [4.69, 9.17) is 9.47 Å². The number of rotatable bonds is 6. The highest BCUT2D eigenvalue weighted by Gasteiger charge is 2.22. The maximum absolute atomic E-state index is 12.3. The van der Waals surface area contributed by atoms with Gasteiger partial charge >= 0.3 is 5.97 Å². The minimum Gasteiger partial charge on any atom is -0.491 e. The van der Waals surface area contributed by atoms with E-state index in [1.165, 1.54) is 5.01 Å². The van der Waals surface area contributed by atoms with Crippen LogP contribution < -0.4 is 4.74 Å². The van der Waals surface area contributed by atoms with Crippen molar-refractivity contribution in [1.82, 2.24) is 5.01 Å². The van der Waals surface area contributed by atoms with Crippen molar-refractivity contribution in [3.8, 4) is 5.75 Å². The van der Waals surface area contributed by atoms with E-state index < -0.39 is 5.97 Å². The maximum atomic E-state index is 12.3. The van der Waals surface area contributed by atoms with E-state index in [0.29, 0.717) is 24.3 Å². The van der Waals surface area contributed by atoms with Gasteiger partial charge in [0.1, 0.15) is 5.75 Å². The molecule has 1 amide bonds. The fraction of sp³-hybridized carbons (Fsp3) is 0.286. The van der Waals surface area contributed by atoms with Crippen molar-refractivity contribution in [1.29, 1.82) is 0 Å². The highest BCUT2D eigenvalue weighted by atomic mass is 16.5. The third kappa shape index (κ3) is 4.94. The maximum Gasteiger partial charge on any atom is 0.338 e. The Bertz CT molecular complexity index is 829. The Labute approximate surface area is 158 Å². The van der Waals surface area contributed by atoms with Gasteiger partial charge in [0.15, 0.2) is 6.61 Å². The van der Waals surface area contributed by atoms with Gasteiger partial charge < -0.3 is 9.47 Å². The molecule has 3 rings (SSSR count). The monoisotopic (exact) mass is 366 g/mol. The molecule has 1 aliphatic rings. The first-order chi connectivity index (χ1) is 13.0. The van der Waals surface area contributed by atoms with E-state index >= 15 is 0 Å². The number of esters is 1. The van der Waals surface area contributed by atoms with Crippen LogP contribution in [0.1, 0.15) is 36.2 Å². The van der Waals surface area contributed by atoms with Crippen molar-refractivity contribution in [2.45, 2.75) is 26.4 Å². The van der Waals surface area contributed by atoms with Gasteiger partial charge in [-0.3, -0.25) is 4.79 Å². The van der Waals surface area contributed by atoms with Crippen molar-refractivity contribution < 1.29 is 19.1 Å². The summed E-state index contributed by atoms with van der Waals surface area (Å²) in [6, 6.07) is 16.4. The van der Waals surface area contributed by atoms with Gasteiger partial charge in [0.05, 0.1) is 23.9 Å². The number of carbonyl (C=O) groups excluding carboxylic acids is 2. The molecule has 2 aromatic carbocycles. The van der Waals surface area contributed by atoms with Gasteiger partial charge in [0.25, 0.3) is 5.91 Å². The molecule has 0 saturated carbocycles. The Balaban J connectivity index is 1.53. The minimum absolute atomic E-state index is 0.0576. The number of hydrazone groups is 1. The molecule has 0 bridgehead atoms. The molecular formula is C21H22N2O4. The summed E-state index contributed by atoms with van der Waals surface area (Å²) in [6.07, 6.45) is 0.739. The van der Waals surface area contributed by atoms with Crippen LogP contribution in [-0.4, -0.2) is 41.9 Å². The summed E-state index contributed by atoms with van der Waals surface area (Å²) in [5.74, 6) is -0.211. The van der Waals surface area contributed by atoms with E-state index in [9.17, 15) is 9.59 Å². The smallest absolute Gasteiger partial charge is 0.338 e. The van der Waals surface area contributed by atoms with Gasteiger partial charge in [-0.1, -0.05) is 30.3 Å². The van der Waals surface area contributed by atoms with Crippen LogP contribution in [0.4, 0.5) is 0 Å². The number of hydrogen-bond donors (Lipinski definition) is 0. The molecule has 0 fully saturated rings. The highest BCUT2D eigenvalue weighted by molar-refractivity contribution is 6.02. The number of benzene rings is 2. The normalized spacial score (nSPS) is 13.4. The quantitative estimate of drug-likeness (QED) is 0.736. The lowest BCUT2D eigenvalue weighted by molar-refractivity contribution is -0.134. The second-order valence-corrected chi connectivity index (χ2v) is 6.45. The molecular weight excluding hydrogens is 344 g/mol. The molecule has 2 aromatic rings. The fourth-order valence-electron chi connectivity index (χ4n) is 2.70. The molecule has 0 aromatic heterocycles. The summed E-state index contributed by atoms with van der Waals surface area (Å²) in [5.41, 5.74) is 2.22. The van der Waals surface area contributed by atoms with E-state index in [1.54, 1.807) is 24.3 Å². The summed E-state index contributed by atoms with van der Waals surface area (Å²) in [6.45, 7) is 4.01. The number of ether oxygens (including phenoxy) is 2. The Morgan fingerprint density at radius 3 is 2.44 bits per heavy atom. The lowest BCUT2D eigenvalue weighted by atomic mass is 10.1. The average molecular weight is 366 g/mol. The summed E-state index contributed by atoms with van der Waals surface area (Å²) in [5, 5.41) is 5.70. The van der Waals surface area contributed by atoms with Gasteiger partial charge in [0, 0.05) is 6.42 Å². The van der Waals surface area contributed by atoms with Crippen molar-refractivity contribution in [3.63, 3.8) is 0 Å². The Morgan fingerprint density at radius 2 is 1.78 bits per heavy atom. The first-order valence-corrected chi connectivity index (χ1v) is 8.90. The fourth-order valence-corrected chi connectivity index (χ4v) is 2.70. The van der Waals surface area contributed by atoms with Crippen LogP contribution in [-0.2, 0) is 9.53 Å². The molecule has 140 valence electrons. The molecule has 0 N–H and O–H groups in total. The Morgan fingerprint density at radius 1 is 1.07 bits per heavy atom. The molecule has 0 unspecified atom stereocenters. The van der Waals surface area contributed by atoms with E-state index in [1.807, 2.05) is 44.2 Å². The summed E-state index contributed by atoms with van der Waals surface area (Å²) < 4.78 is 10.7.